The summed E-state index contributed by atoms with van der Waals surface area (Å²) in [6, 6.07) is 16.3. The quantitative estimate of drug-likeness (QED) is 0.441. The molecule has 0 aliphatic rings. The highest BCUT2D eigenvalue weighted by Crippen LogP contribution is 2.27. The van der Waals surface area contributed by atoms with Crippen molar-refractivity contribution in [1.29, 1.82) is 0 Å². The Balaban J connectivity index is 1.82. The number of ether oxygens (including phenoxy) is 1. The maximum atomic E-state index is 5.38. The zero-order valence-corrected chi connectivity index (χ0v) is 16.8. The van der Waals surface area contributed by atoms with E-state index in [2.05, 4.69) is 48.6 Å². The molecule has 0 radical (unpaired) electrons. The van der Waals surface area contributed by atoms with Crippen LogP contribution in [0.2, 0.25) is 0 Å². The molecule has 2 aromatic heterocycles. The summed E-state index contributed by atoms with van der Waals surface area (Å²) in [4.78, 5) is 5.56. The lowest BCUT2D eigenvalue weighted by atomic mass is 10.1. The fourth-order valence-corrected chi connectivity index (χ4v) is 3.88. The largest absolute Gasteiger partial charge is 0.497 e. The van der Waals surface area contributed by atoms with Gasteiger partial charge in [0.1, 0.15) is 11.5 Å². The molecule has 0 bridgehead atoms. The van der Waals surface area contributed by atoms with Gasteiger partial charge in [-0.25, -0.2) is 4.68 Å². The Kier molecular flexibility index (Phi) is 5.12. The van der Waals surface area contributed by atoms with Crippen LogP contribution < -0.4 is 9.54 Å². The minimum absolute atomic E-state index is 0.181. The van der Waals surface area contributed by atoms with Gasteiger partial charge in [-0.15, -0.1) is 11.3 Å². The Morgan fingerprint density at radius 1 is 1.11 bits per heavy atom. The third kappa shape index (κ3) is 3.77. The molecule has 0 spiro atoms. The molecule has 0 saturated carbocycles. The van der Waals surface area contributed by atoms with Gasteiger partial charge in [-0.05, 0) is 55.0 Å². The Labute approximate surface area is 167 Å². The van der Waals surface area contributed by atoms with Crippen molar-refractivity contribution in [3.63, 3.8) is 0 Å². The molecular formula is C22H21N3O2S. The van der Waals surface area contributed by atoms with Crippen molar-refractivity contribution in [2.75, 3.05) is 7.11 Å². The van der Waals surface area contributed by atoms with Crippen LogP contribution in [0.1, 0.15) is 19.6 Å². The Morgan fingerprint density at radius 3 is 2.68 bits per heavy atom. The Bertz CT molecular complexity index is 1180. The molecule has 0 N–H and O–H groups in total. The molecule has 0 amide bonds. The van der Waals surface area contributed by atoms with E-state index in [0.29, 0.717) is 5.76 Å². The number of hydrogen-bond donors (Lipinski definition) is 0. The van der Waals surface area contributed by atoms with Crippen LogP contribution in [-0.4, -0.2) is 24.0 Å². The number of aromatic nitrogens is 1. The predicted octanol–water partition coefficient (Wildman–Crippen LogP) is 5.16. The van der Waals surface area contributed by atoms with E-state index in [4.69, 9.17) is 14.1 Å². The molecular weight excluding hydrogens is 370 g/mol. The fourth-order valence-electron chi connectivity index (χ4n) is 2.91. The van der Waals surface area contributed by atoms with Crippen molar-refractivity contribution in [2.45, 2.75) is 19.9 Å². The van der Waals surface area contributed by atoms with Gasteiger partial charge < -0.3 is 9.15 Å². The predicted molar refractivity (Wildman–Crippen MR) is 114 cm³/mol. The lowest BCUT2D eigenvalue weighted by Gasteiger charge is -2.07. The van der Waals surface area contributed by atoms with Crippen LogP contribution in [0, 0.1) is 0 Å². The summed E-state index contributed by atoms with van der Waals surface area (Å²) in [5.74, 6) is 1.55. The Morgan fingerprint density at radius 2 is 1.93 bits per heavy atom. The van der Waals surface area contributed by atoms with Crippen LogP contribution in [0.5, 0.6) is 5.75 Å². The van der Waals surface area contributed by atoms with E-state index in [1.807, 2.05) is 28.9 Å². The van der Waals surface area contributed by atoms with E-state index in [9.17, 15) is 0 Å². The highest BCUT2D eigenvalue weighted by atomic mass is 32.1. The molecule has 0 unspecified atom stereocenters. The van der Waals surface area contributed by atoms with Crippen LogP contribution in [0.15, 0.2) is 74.7 Å². The molecule has 4 aromatic rings. The maximum absolute atomic E-state index is 5.38. The van der Waals surface area contributed by atoms with Crippen LogP contribution in [0.3, 0.4) is 0 Å². The minimum atomic E-state index is 0.181. The van der Waals surface area contributed by atoms with E-state index < -0.39 is 0 Å². The van der Waals surface area contributed by atoms with Gasteiger partial charge in [-0.3, -0.25) is 4.99 Å². The zero-order chi connectivity index (χ0) is 19.5. The first-order valence-electron chi connectivity index (χ1n) is 9.04. The van der Waals surface area contributed by atoms with E-state index in [1.165, 1.54) is 0 Å². The molecule has 0 aliphatic heterocycles. The van der Waals surface area contributed by atoms with E-state index in [-0.39, 0.29) is 6.04 Å². The zero-order valence-electron chi connectivity index (χ0n) is 16.0. The minimum Gasteiger partial charge on any atom is -0.497 e. The van der Waals surface area contributed by atoms with E-state index >= 15 is 0 Å². The summed E-state index contributed by atoms with van der Waals surface area (Å²) in [7, 11) is 1.68. The lowest BCUT2D eigenvalue weighted by Crippen LogP contribution is -2.14. The average molecular weight is 391 g/mol. The number of methoxy groups -OCH3 is 1. The van der Waals surface area contributed by atoms with Crippen molar-refractivity contribution in [3.8, 4) is 17.0 Å². The molecule has 5 nitrogen and oxygen atoms in total. The van der Waals surface area contributed by atoms with Gasteiger partial charge in [0, 0.05) is 17.0 Å². The summed E-state index contributed by atoms with van der Waals surface area (Å²) >= 11 is 1.58. The van der Waals surface area contributed by atoms with E-state index in [0.717, 1.165) is 32.6 Å². The number of rotatable bonds is 5. The second-order valence-corrected chi connectivity index (χ2v) is 7.46. The van der Waals surface area contributed by atoms with Gasteiger partial charge >= 0.3 is 0 Å². The molecule has 0 saturated heterocycles. The number of fused-ring (bicyclic) bond motifs is 1. The van der Waals surface area contributed by atoms with Crippen LogP contribution >= 0.6 is 11.3 Å². The summed E-state index contributed by atoms with van der Waals surface area (Å²) in [5.41, 5.74) is 2.07. The van der Waals surface area contributed by atoms with Crippen LogP contribution in [0.25, 0.3) is 22.0 Å². The highest BCUT2D eigenvalue weighted by Gasteiger charge is 2.09. The van der Waals surface area contributed by atoms with Gasteiger partial charge in [0.25, 0.3) is 0 Å². The van der Waals surface area contributed by atoms with Gasteiger partial charge in [-0.2, -0.15) is 5.10 Å². The third-order valence-corrected chi connectivity index (χ3v) is 5.07. The molecule has 0 fully saturated rings. The number of thiazole rings is 1. The average Bonchev–Trinajstić information content (AvgIpc) is 3.35. The van der Waals surface area contributed by atoms with Gasteiger partial charge in [-0.1, -0.05) is 18.2 Å². The number of hydrogen-bond acceptors (Lipinski definition) is 5. The van der Waals surface area contributed by atoms with Crippen molar-refractivity contribution >= 4 is 28.3 Å². The molecule has 2 heterocycles. The van der Waals surface area contributed by atoms with Crippen LogP contribution in [-0.2, 0) is 0 Å². The molecule has 0 aliphatic carbocycles. The van der Waals surface area contributed by atoms with Gasteiger partial charge in [0.15, 0.2) is 0 Å². The normalized spacial score (nSPS) is 12.5. The van der Waals surface area contributed by atoms with E-state index in [1.54, 1.807) is 30.9 Å². The maximum Gasteiger partial charge on any atom is 0.206 e. The lowest BCUT2D eigenvalue weighted by molar-refractivity contribution is 0.415. The topological polar surface area (TPSA) is 52.0 Å². The van der Waals surface area contributed by atoms with Crippen molar-refractivity contribution in [1.82, 2.24) is 4.68 Å². The fraction of sp³-hybridized carbons (Fsp3) is 0.182. The van der Waals surface area contributed by atoms with Crippen molar-refractivity contribution < 1.29 is 9.15 Å². The van der Waals surface area contributed by atoms with Crippen molar-refractivity contribution in [3.05, 3.63) is 70.7 Å². The number of nitrogens with zero attached hydrogens (tertiary/aromatic N) is 3. The highest BCUT2D eigenvalue weighted by molar-refractivity contribution is 7.07. The standard InChI is InChI=1S/C22H21N3O2S/c1-15(2)24-22-25(23-13-20-5-4-10-27-20)21(14-28-22)18-7-6-17-12-19(26-3)9-8-16(17)11-18/h4-15H,1-3H3. The molecule has 6 heteroatoms. The van der Waals surface area contributed by atoms with Crippen LogP contribution in [0.4, 0.5) is 0 Å². The second-order valence-electron chi connectivity index (χ2n) is 6.63. The molecule has 4 rings (SSSR count). The molecule has 0 atom stereocenters. The summed E-state index contributed by atoms with van der Waals surface area (Å²) in [5, 5.41) is 9.01. The van der Waals surface area contributed by atoms with Gasteiger partial charge in [0.05, 0.1) is 25.3 Å². The summed E-state index contributed by atoms with van der Waals surface area (Å²) in [6.07, 6.45) is 3.35. The van der Waals surface area contributed by atoms with Gasteiger partial charge in [0.2, 0.25) is 4.80 Å². The summed E-state index contributed by atoms with van der Waals surface area (Å²) in [6.45, 7) is 4.12. The SMILES string of the molecule is COc1ccc2cc(-c3csc(=NC(C)C)n3N=Cc3ccco3)ccc2c1. The first-order chi connectivity index (χ1) is 13.6. The van der Waals surface area contributed by atoms with Crippen molar-refractivity contribution in [2.24, 2.45) is 10.1 Å². The first kappa shape index (κ1) is 18.3. The monoisotopic (exact) mass is 391 g/mol. The molecule has 2 aromatic carbocycles. The molecule has 142 valence electrons. The smallest absolute Gasteiger partial charge is 0.206 e. The Hall–Kier alpha value is -3.12. The molecule has 28 heavy (non-hydrogen) atoms. The summed E-state index contributed by atoms with van der Waals surface area (Å²) < 4.78 is 12.6. The first-order valence-corrected chi connectivity index (χ1v) is 9.92. The number of benzene rings is 2. The third-order valence-electron chi connectivity index (χ3n) is 4.24. The number of furan rings is 1. The second kappa shape index (κ2) is 7.86.